The summed E-state index contributed by atoms with van der Waals surface area (Å²) < 4.78 is 5.85. The Bertz CT molecular complexity index is 294. The molecule has 1 heterocycles. The molecule has 2 rings (SSSR count). The molecule has 0 radical (unpaired) electrons. The number of ether oxygens (including phenoxy) is 1. The van der Waals surface area contributed by atoms with Crippen LogP contribution >= 0.6 is 0 Å². The summed E-state index contributed by atoms with van der Waals surface area (Å²) in [6, 6.07) is 4.46. The summed E-state index contributed by atoms with van der Waals surface area (Å²) in [6.45, 7) is 0.797. The molecule has 3 heteroatoms. The topological polar surface area (TPSA) is 48.1 Å². The monoisotopic (exact) mass is 220 g/mol. The van der Waals surface area contributed by atoms with Crippen molar-refractivity contribution in [3.05, 3.63) is 30.1 Å². The van der Waals surface area contributed by atoms with Crippen LogP contribution in [0.25, 0.3) is 0 Å². The molecule has 16 heavy (non-hydrogen) atoms. The van der Waals surface area contributed by atoms with Crippen LogP contribution < -0.4 is 5.73 Å². The number of hydrogen-bond acceptors (Lipinski definition) is 3. The van der Waals surface area contributed by atoms with E-state index in [9.17, 15) is 0 Å². The van der Waals surface area contributed by atoms with Gasteiger partial charge in [-0.2, -0.15) is 0 Å². The summed E-state index contributed by atoms with van der Waals surface area (Å²) in [7, 11) is 0. The largest absolute Gasteiger partial charge is 0.378 e. The minimum atomic E-state index is 0.401. The molecule has 1 aromatic rings. The van der Waals surface area contributed by atoms with Gasteiger partial charge >= 0.3 is 0 Å². The molecule has 2 N–H and O–H groups in total. The Morgan fingerprint density at radius 1 is 1.31 bits per heavy atom. The first-order chi connectivity index (χ1) is 7.84. The second kappa shape index (κ2) is 5.97. The summed E-state index contributed by atoms with van der Waals surface area (Å²) in [4.78, 5) is 4.09. The number of aromatic nitrogens is 1. The first-order valence-electron chi connectivity index (χ1n) is 6.10. The molecule has 0 atom stereocenters. The van der Waals surface area contributed by atoms with Crippen LogP contribution in [-0.4, -0.2) is 23.7 Å². The number of nitrogens with zero attached hydrogens (tertiary/aromatic N) is 1. The lowest BCUT2D eigenvalue weighted by molar-refractivity contribution is 0.0270. The highest BCUT2D eigenvalue weighted by Crippen LogP contribution is 2.19. The molecule has 0 saturated heterocycles. The van der Waals surface area contributed by atoms with Gasteiger partial charge in [-0.25, -0.2) is 0 Å². The number of rotatable bonds is 4. The van der Waals surface area contributed by atoms with Crippen molar-refractivity contribution < 1.29 is 4.74 Å². The fourth-order valence-electron chi connectivity index (χ4n) is 2.14. The molecule has 1 aliphatic rings. The van der Waals surface area contributed by atoms with Crippen molar-refractivity contribution in [1.82, 2.24) is 4.98 Å². The predicted molar refractivity (Wildman–Crippen MR) is 64.1 cm³/mol. The van der Waals surface area contributed by atoms with Gasteiger partial charge in [-0.3, -0.25) is 4.98 Å². The average molecular weight is 220 g/mol. The van der Waals surface area contributed by atoms with Crippen LogP contribution in [-0.2, 0) is 11.2 Å². The van der Waals surface area contributed by atoms with E-state index in [0.29, 0.717) is 12.1 Å². The summed E-state index contributed by atoms with van der Waals surface area (Å²) in [5.41, 5.74) is 7.10. The summed E-state index contributed by atoms with van der Waals surface area (Å²) in [5, 5.41) is 0. The Morgan fingerprint density at radius 2 is 2.12 bits per heavy atom. The maximum absolute atomic E-state index is 5.85. The fraction of sp³-hybridized carbons (Fsp3) is 0.615. The molecule has 3 nitrogen and oxygen atoms in total. The van der Waals surface area contributed by atoms with E-state index < -0.39 is 0 Å². The van der Waals surface area contributed by atoms with Gasteiger partial charge in [0.15, 0.2) is 0 Å². The summed E-state index contributed by atoms with van der Waals surface area (Å²) in [6.07, 6.45) is 9.54. The molecule has 0 aromatic carbocycles. The number of pyridine rings is 1. The van der Waals surface area contributed by atoms with E-state index in [2.05, 4.69) is 11.1 Å². The Morgan fingerprint density at radius 3 is 2.81 bits per heavy atom. The van der Waals surface area contributed by atoms with Gasteiger partial charge in [-0.15, -0.1) is 0 Å². The van der Waals surface area contributed by atoms with E-state index in [1.807, 2.05) is 12.3 Å². The zero-order valence-electron chi connectivity index (χ0n) is 9.64. The maximum Gasteiger partial charge on any atom is 0.0576 e. The van der Waals surface area contributed by atoms with Crippen molar-refractivity contribution in [3.63, 3.8) is 0 Å². The summed E-state index contributed by atoms with van der Waals surface area (Å²) in [5.74, 6) is 0. The number of nitrogens with two attached hydrogens (primary N) is 1. The van der Waals surface area contributed by atoms with Crippen LogP contribution in [0.2, 0.25) is 0 Å². The standard InChI is InChI=1S/C13H20N2O/c14-12-3-5-13(6-4-12)16-9-7-11-2-1-8-15-10-11/h1-2,8,10,12-13H,3-7,9,14H2. The van der Waals surface area contributed by atoms with Gasteiger partial charge in [0.25, 0.3) is 0 Å². The van der Waals surface area contributed by atoms with Crippen molar-refractivity contribution >= 4 is 0 Å². The quantitative estimate of drug-likeness (QED) is 0.843. The van der Waals surface area contributed by atoms with Crippen molar-refractivity contribution in [2.24, 2.45) is 5.73 Å². The lowest BCUT2D eigenvalue weighted by atomic mass is 9.94. The van der Waals surface area contributed by atoms with E-state index in [1.165, 1.54) is 5.56 Å². The first-order valence-corrected chi connectivity index (χ1v) is 6.10. The van der Waals surface area contributed by atoms with Crippen molar-refractivity contribution in [1.29, 1.82) is 0 Å². The maximum atomic E-state index is 5.85. The molecule has 0 unspecified atom stereocenters. The molecule has 1 aromatic heterocycles. The van der Waals surface area contributed by atoms with Gasteiger partial charge in [-0.1, -0.05) is 6.07 Å². The molecule has 88 valence electrons. The van der Waals surface area contributed by atoms with Gasteiger partial charge in [0.1, 0.15) is 0 Å². The second-order valence-corrected chi connectivity index (χ2v) is 4.52. The molecule has 0 bridgehead atoms. The highest BCUT2D eigenvalue weighted by Gasteiger charge is 2.18. The van der Waals surface area contributed by atoms with Crippen LogP contribution in [0.5, 0.6) is 0 Å². The predicted octanol–water partition coefficient (Wildman–Crippen LogP) is 1.91. The van der Waals surface area contributed by atoms with Crippen molar-refractivity contribution in [2.45, 2.75) is 44.2 Å². The van der Waals surface area contributed by atoms with Crippen LogP contribution in [0, 0.1) is 0 Å². The minimum Gasteiger partial charge on any atom is -0.378 e. The first kappa shape index (κ1) is 11.6. The Balaban J connectivity index is 1.65. The van der Waals surface area contributed by atoms with Crippen molar-refractivity contribution in [2.75, 3.05) is 6.61 Å². The molecule has 1 fully saturated rings. The average Bonchev–Trinajstić information content (AvgIpc) is 2.33. The Kier molecular flexibility index (Phi) is 4.31. The van der Waals surface area contributed by atoms with E-state index >= 15 is 0 Å². The van der Waals surface area contributed by atoms with Gasteiger partial charge in [-0.05, 0) is 43.7 Å². The van der Waals surface area contributed by atoms with E-state index in [4.69, 9.17) is 10.5 Å². The fourth-order valence-corrected chi connectivity index (χ4v) is 2.14. The third-order valence-corrected chi connectivity index (χ3v) is 3.19. The zero-order valence-corrected chi connectivity index (χ0v) is 9.64. The molecule has 0 amide bonds. The third-order valence-electron chi connectivity index (χ3n) is 3.19. The molecular weight excluding hydrogens is 200 g/mol. The van der Waals surface area contributed by atoms with E-state index in [1.54, 1.807) is 6.20 Å². The summed E-state index contributed by atoms with van der Waals surface area (Å²) >= 11 is 0. The molecular formula is C13H20N2O. The SMILES string of the molecule is NC1CCC(OCCc2cccnc2)CC1. The normalized spacial score (nSPS) is 25.6. The van der Waals surface area contributed by atoms with E-state index in [-0.39, 0.29) is 0 Å². The van der Waals surface area contributed by atoms with Crippen LogP contribution in [0.1, 0.15) is 31.2 Å². The lowest BCUT2D eigenvalue weighted by Crippen LogP contribution is -2.30. The number of hydrogen-bond donors (Lipinski definition) is 1. The Hall–Kier alpha value is -0.930. The molecule has 1 aliphatic carbocycles. The van der Waals surface area contributed by atoms with Gasteiger partial charge < -0.3 is 10.5 Å². The van der Waals surface area contributed by atoms with Crippen LogP contribution in [0.3, 0.4) is 0 Å². The molecule has 0 aliphatic heterocycles. The van der Waals surface area contributed by atoms with Gasteiger partial charge in [0, 0.05) is 18.4 Å². The second-order valence-electron chi connectivity index (χ2n) is 4.52. The van der Waals surface area contributed by atoms with Crippen LogP contribution in [0.4, 0.5) is 0 Å². The Labute approximate surface area is 97.0 Å². The zero-order chi connectivity index (χ0) is 11.2. The highest BCUT2D eigenvalue weighted by atomic mass is 16.5. The van der Waals surface area contributed by atoms with E-state index in [0.717, 1.165) is 38.7 Å². The molecule has 0 spiro atoms. The lowest BCUT2D eigenvalue weighted by Gasteiger charge is -2.26. The van der Waals surface area contributed by atoms with Crippen molar-refractivity contribution in [3.8, 4) is 0 Å². The minimum absolute atomic E-state index is 0.401. The van der Waals surface area contributed by atoms with Crippen LogP contribution in [0.15, 0.2) is 24.5 Å². The van der Waals surface area contributed by atoms with Gasteiger partial charge in [0.2, 0.25) is 0 Å². The smallest absolute Gasteiger partial charge is 0.0576 e. The van der Waals surface area contributed by atoms with Gasteiger partial charge in [0.05, 0.1) is 12.7 Å². The third kappa shape index (κ3) is 3.58. The highest BCUT2D eigenvalue weighted by molar-refractivity contribution is 5.08. The molecule has 1 saturated carbocycles.